The predicted octanol–water partition coefficient (Wildman–Crippen LogP) is 6.76. The van der Waals surface area contributed by atoms with Crippen LogP contribution in [0.2, 0.25) is 0 Å². The number of ketones is 3. The van der Waals surface area contributed by atoms with Crippen molar-refractivity contribution >= 4 is 33.3 Å². The second-order valence-corrected chi connectivity index (χ2v) is 9.33. The van der Waals surface area contributed by atoms with Crippen molar-refractivity contribution in [2.45, 2.75) is 6.10 Å². The maximum Gasteiger partial charge on any atom is 0.174 e. The summed E-state index contributed by atoms with van der Waals surface area (Å²) < 4.78 is 7.15. The van der Waals surface area contributed by atoms with Crippen LogP contribution in [0.15, 0.2) is 114 Å². The van der Waals surface area contributed by atoms with Crippen molar-refractivity contribution in [1.82, 2.24) is 0 Å². The van der Waals surface area contributed by atoms with E-state index in [0.717, 1.165) is 10.0 Å². The number of ether oxygens (including phenoxy) is 1. The molecule has 0 aromatic heterocycles. The van der Waals surface area contributed by atoms with Crippen LogP contribution in [0.3, 0.4) is 0 Å². The van der Waals surface area contributed by atoms with Gasteiger partial charge in [0.2, 0.25) is 0 Å². The van der Waals surface area contributed by atoms with Crippen molar-refractivity contribution < 1.29 is 19.1 Å². The maximum atomic E-state index is 14.0. The zero-order valence-electron chi connectivity index (χ0n) is 18.6. The van der Waals surface area contributed by atoms with Crippen LogP contribution in [0.4, 0.5) is 0 Å². The van der Waals surface area contributed by atoms with E-state index < -0.39 is 29.5 Å². The van der Waals surface area contributed by atoms with Crippen LogP contribution in [0, 0.1) is 11.8 Å². The quantitative estimate of drug-likeness (QED) is 0.206. The van der Waals surface area contributed by atoms with Gasteiger partial charge in [-0.05, 0) is 29.8 Å². The lowest BCUT2D eigenvalue weighted by Gasteiger charge is -2.36. The summed E-state index contributed by atoms with van der Waals surface area (Å²) in [7, 11) is 0. The predicted molar refractivity (Wildman–Crippen MR) is 137 cm³/mol. The molecule has 0 amide bonds. The summed E-state index contributed by atoms with van der Waals surface area (Å²) >= 11 is 3.39. The number of hydrogen-bond donors (Lipinski definition) is 0. The zero-order chi connectivity index (χ0) is 24.4. The fraction of sp³-hybridized carbons (Fsp3) is 0.100. The lowest BCUT2D eigenvalue weighted by Crippen LogP contribution is -2.43. The van der Waals surface area contributed by atoms with Gasteiger partial charge < -0.3 is 4.74 Å². The molecule has 1 heterocycles. The van der Waals surface area contributed by atoms with Gasteiger partial charge in [-0.3, -0.25) is 14.4 Å². The molecule has 0 spiro atoms. The summed E-state index contributed by atoms with van der Waals surface area (Å²) in [5.41, 5.74) is 1.84. The van der Waals surface area contributed by atoms with Crippen molar-refractivity contribution in [2.75, 3.05) is 0 Å². The summed E-state index contributed by atoms with van der Waals surface area (Å²) in [6.45, 7) is 0. The van der Waals surface area contributed by atoms with Crippen LogP contribution in [0.1, 0.15) is 42.7 Å². The standard InChI is InChI=1S/C30H21BrO4/c31-22-17-15-20(16-18-22)28(33)25(27(32)19-9-3-1-4-10-19)26-29(34)23-13-7-8-14-24(23)35-30(26)21-11-5-2-6-12-21/h1-18,25-26,30H. The molecule has 3 unspecified atom stereocenters. The fourth-order valence-corrected chi connectivity index (χ4v) is 4.83. The van der Waals surface area contributed by atoms with E-state index in [1.54, 1.807) is 78.9 Å². The Hall–Kier alpha value is -3.83. The third-order valence-electron chi connectivity index (χ3n) is 6.27. The third-order valence-corrected chi connectivity index (χ3v) is 6.80. The first-order chi connectivity index (χ1) is 17.0. The molecule has 3 atom stereocenters. The van der Waals surface area contributed by atoms with E-state index >= 15 is 0 Å². The number of halogens is 1. The van der Waals surface area contributed by atoms with Gasteiger partial charge in [0.05, 0.1) is 17.4 Å². The fourth-order valence-electron chi connectivity index (χ4n) is 4.57. The first-order valence-electron chi connectivity index (χ1n) is 11.3. The molecular weight excluding hydrogens is 504 g/mol. The molecule has 4 aromatic carbocycles. The second kappa shape index (κ2) is 9.80. The van der Waals surface area contributed by atoms with Crippen molar-refractivity contribution in [1.29, 1.82) is 0 Å². The van der Waals surface area contributed by atoms with Gasteiger partial charge in [-0.1, -0.05) is 101 Å². The van der Waals surface area contributed by atoms with E-state index in [0.29, 0.717) is 22.4 Å². The molecule has 35 heavy (non-hydrogen) atoms. The Kier molecular flexibility index (Phi) is 6.43. The first kappa shape index (κ1) is 22.9. The Balaban J connectivity index is 1.69. The van der Waals surface area contributed by atoms with Gasteiger partial charge in [-0.15, -0.1) is 0 Å². The van der Waals surface area contributed by atoms with Gasteiger partial charge in [-0.2, -0.15) is 0 Å². The molecule has 5 heteroatoms. The minimum absolute atomic E-state index is 0.277. The van der Waals surface area contributed by atoms with E-state index in [1.165, 1.54) is 0 Å². The van der Waals surface area contributed by atoms with Crippen LogP contribution in [-0.2, 0) is 0 Å². The monoisotopic (exact) mass is 524 g/mol. The van der Waals surface area contributed by atoms with E-state index in [-0.39, 0.29) is 5.78 Å². The number of rotatable bonds is 6. The third kappa shape index (κ3) is 4.47. The molecule has 0 saturated carbocycles. The SMILES string of the molecule is O=C(c1ccccc1)C(C(=O)c1ccc(Br)cc1)C1C(=O)c2ccccc2OC1c1ccccc1. The molecule has 0 saturated heterocycles. The molecule has 0 bridgehead atoms. The van der Waals surface area contributed by atoms with E-state index in [1.807, 2.05) is 30.3 Å². The number of para-hydroxylation sites is 1. The van der Waals surface area contributed by atoms with Crippen molar-refractivity contribution in [3.63, 3.8) is 0 Å². The Bertz CT molecular complexity index is 1380. The summed E-state index contributed by atoms with van der Waals surface area (Å²) in [4.78, 5) is 41.9. The number of benzene rings is 4. The molecule has 0 aliphatic carbocycles. The summed E-state index contributed by atoms with van der Waals surface area (Å²) in [5.74, 6) is -2.93. The van der Waals surface area contributed by atoms with Gasteiger partial charge in [0.1, 0.15) is 11.9 Å². The van der Waals surface area contributed by atoms with Crippen molar-refractivity contribution in [3.05, 3.63) is 136 Å². The van der Waals surface area contributed by atoms with Gasteiger partial charge in [0.15, 0.2) is 17.3 Å². The van der Waals surface area contributed by atoms with Crippen molar-refractivity contribution in [3.8, 4) is 5.75 Å². The normalized spacial score (nSPS) is 17.7. The lowest BCUT2D eigenvalue weighted by atomic mass is 9.71. The lowest BCUT2D eigenvalue weighted by molar-refractivity contribution is 0.0428. The maximum absolute atomic E-state index is 14.0. The van der Waals surface area contributed by atoms with Crippen LogP contribution in [-0.4, -0.2) is 17.3 Å². The average Bonchev–Trinajstić information content (AvgIpc) is 2.91. The Morgan fingerprint density at radius 2 is 1.23 bits per heavy atom. The van der Waals surface area contributed by atoms with Gasteiger partial charge in [-0.25, -0.2) is 0 Å². The van der Waals surface area contributed by atoms with Gasteiger partial charge in [0.25, 0.3) is 0 Å². The Morgan fingerprint density at radius 1 is 0.686 bits per heavy atom. The molecule has 1 aliphatic heterocycles. The number of carbonyl (C=O) groups excluding carboxylic acids is 3. The number of fused-ring (bicyclic) bond motifs is 1. The number of Topliss-reactive ketones (excluding diaryl/α,β-unsaturated/α-hetero) is 3. The Labute approximate surface area is 211 Å². The Morgan fingerprint density at radius 3 is 1.89 bits per heavy atom. The summed E-state index contributed by atoms with van der Waals surface area (Å²) in [6, 6.07) is 31.7. The highest BCUT2D eigenvalue weighted by Gasteiger charge is 2.48. The summed E-state index contributed by atoms with van der Waals surface area (Å²) in [6.07, 6.45) is -0.796. The van der Waals surface area contributed by atoms with E-state index in [2.05, 4.69) is 15.9 Å². The van der Waals surface area contributed by atoms with Gasteiger partial charge in [0, 0.05) is 15.6 Å². The largest absolute Gasteiger partial charge is 0.484 e. The number of hydrogen-bond acceptors (Lipinski definition) is 4. The van der Waals surface area contributed by atoms with E-state index in [4.69, 9.17) is 4.74 Å². The first-order valence-corrected chi connectivity index (χ1v) is 12.1. The van der Waals surface area contributed by atoms with Crippen LogP contribution >= 0.6 is 15.9 Å². The van der Waals surface area contributed by atoms with Crippen molar-refractivity contribution in [2.24, 2.45) is 11.8 Å². The number of carbonyl (C=O) groups is 3. The highest BCUT2D eigenvalue weighted by atomic mass is 79.9. The molecule has 4 nitrogen and oxygen atoms in total. The molecule has 172 valence electrons. The van der Waals surface area contributed by atoms with Crippen LogP contribution in [0.5, 0.6) is 5.75 Å². The molecule has 1 aliphatic rings. The van der Waals surface area contributed by atoms with Gasteiger partial charge >= 0.3 is 0 Å². The average molecular weight is 525 g/mol. The molecule has 5 rings (SSSR count). The minimum Gasteiger partial charge on any atom is -0.484 e. The summed E-state index contributed by atoms with van der Waals surface area (Å²) in [5, 5.41) is 0. The van der Waals surface area contributed by atoms with Crippen LogP contribution in [0.25, 0.3) is 0 Å². The molecule has 0 radical (unpaired) electrons. The molecular formula is C30H21BrO4. The second-order valence-electron chi connectivity index (χ2n) is 8.41. The smallest absolute Gasteiger partial charge is 0.174 e. The molecule has 0 N–H and O–H groups in total. The zero-order valence-corrected chi connectivity index (χ0v) is 20.2. The highest BCUT2D eigenvalue weighted by molar-refractivity contribution is 9.10. The molecule has 4 aromatic rings. The minimum atomic E-state index is -1.26. The van der Waals surface area contributed by atoms with E-state index in [9.17, 15) is 14.4 Å². The van der Waals surface area contributed by atoms with Crippen LogP contribution < -0.4 is 4.74 Å². The topological polar surface area (TPSA) is 60.4 Å². The highest BCUT2D eigenvalue weighted by Crippen LogP contribution is 2.43. The molecule has 0 fully saturated rings.